The van der Waals surface area contributed by atoms with E-state index in [0.29, 0.717) is 6.17 Å². The molecule has 11 heavy (non-hydrogen) atoms. The molecule has 0 aliphatic carbocycles. The first kappa shape index (κ1) is 8.67. The van der Waals surface area contributed by atoms with Crippen LogP contribution in [0.15, 0.2) is 30.3 Å². The van der Waals surface area contributed by atoms with Gasteiger partial charge >= 0.3 is 0 Å². The number of benzene rings is 1. The largest absolute Gasteiger partial charge is 0.462 e. The third-order valence-corrected chi connectivity index (χ3v) is 5.50. The smallest absolute Gasteiger partial charge is 0.208 e. The third kappa shape index (κ3) is 2.26. The van der Waals surface area contributed by atoms with Crippen LogP contribution in [0, 0.1) is 0 Å². The highest BCUT2D eigenvalue weighted by atomic mass is 28.3. The van der Waals surface area contributed by atoms with Crippen LogP contribution in [-0.2, 0) is 4.12 Å². The fourth-order valence-electron chi connectivity index (χ4n) is 1.04. The zero-order chi connectivity index (χ0) is 8.10. The molecular weight excluding hydrogens is 170 g/mol. The molecule has 0 heterocycles. The Kier molecular flexibility index (Phi) is 3.51. The Bertz CT molecular complexity index is 201. The van der Waals surface area contributed by atoms with Crippen molar-refractivity contribution in [3.63, 3.8) is 0 Å². The van der Waals surface area contributed by atoms with Crippen molar-refractivity contribution < 1.29 is 4.12 Å². The van der Waals surface area contributed by atoms with E-state index in [1.807, 2.05) is 18.2 Å². The molecule has 1 aromatic carbocycles. The van der Waals surface area contributed by atoms with Gasteiger partial charge in [0.1, 0.15) is 10.5 Å². The number of hydrogen-bond acceptors (Lipinski definition) is 2. The van der Waals surface area contributed by atoms with Crippen molar-refractivity contribution in [2.45, 2.75) is 0 Å². The number of hydrogen-bond donors (Lipinski definition) is 1. The lowest BCUT2D eigenvalue weighted by Crippen LogP contribution is -2.40. The first-order valence-electron chi connectivity index (χ1n) is 3.66. The number of nitrogens with two attached hydrogens (primary N) is 1. The topological polar surface area (TPSA) is 35.2 Å². The summed E-state index contributed by atoms with van der Waals surface area (Å²) in [6.07, 6.45) is 0.702. The van der Waals surface area contributed by atoms with Gasteiger partial charge in [0.25, 0.3) is 0 Å². The van der Waals surface area contributed by atoms with Gasteiger partial charge < -0.3 is 9.85 Å². The summed E-state index contributed by atoms with van der Waals surface area (Å²) >= 11 is 0. The van der Waals surface area contributed by atoms with Gasteiger partial charge in [0.15, 0.2) is 0 Å². The second kappa shape index (κ2) is 4.45. The Hall–Kier alpha value is -0.426. The van der Waals surface area contributed by atoms with Gasteiger partial charge in [0.05, 0.1) is 0 Å². The van der Waals surface area contributed by atoms with E-state index in [1.54, 1.807) is 0 Å². The molecule has 0 amide bonds. The summed E-state index contributed by atoms with van der Waals surface area (Å²) in [6, 6.07) is 10.3. The van der Waals surface area contributed by atoms with E-state index in [9.17, 15) is 0 Å². The molecule has 4 heteroatoms. The van der Waals surface area contributed by atoms with Crippen molar-refractivity contribution in [1.29, 1.82) is 0 Å². The average molecular weight is 183 g/mol. The minimum absolute atomic E-state index is 0.702. The highest BCUT2D eigenvalue weighted by Crippen LogP contribution is 1.86. The third-order valence-electron chi connectivity index (χ3n) is 1.67. The van der Waals surface area contributed by atoms with Crippen molar-refractivity contribution in [2.24, 2.45) is 5.73 Å². The minimum atomic E-state index is -1.21. The van der Waals surface area contributed by atoms with Gasteiger partial charge in [-0.1, -0.05) is 30.3 Å². The Balaban J connectivity index is 2.74. The molecule has 0 radical (unpaired) electrons. The second-order valence-electron chi connectivity index (χ2n) is 2.37. The summed E-state index contributed by atoms with van der Waals surface area (Å²) in [7, 11) is -0.413. The lowest BCUT2D eigenvalue weighted by molar-refractivity contribution is 0.645. The van der Waals surface area contributed by atoms with E-state index in [1.165, 1.54) is 5.19 Å². The van der Waals surface area contributed by atoms with Gasteiger partial charge in [-0.3, -0.25) is 0 Å². The van der Waals surface area contributed by atoms with Crippen LogP contribution in [0.5, 0.6) is 0 Å². The summed E-state index contributed by atoms with van der Waals surface area (Å²) in [5.74, 6) is 0. The van der Waals surface area contributed by atoms with Gasteiger partial charge in [-0.15, -0.1) is 0 Å². The normalized spacial score (nSPS) is 13.2. The second-order valence-corrected chi connectivity index (χ2v) is 6.37. The Morgan fingerprint density at radius 2 is 2.00 bits per heavy atom. The fraction of sp³-hybridized carbons (Fsp3) is 0.143. The monoisotopic (exact) mass is 183 g/mol. The van der Waals surface area contributed by atoms with Crippen molar-refractivity contribution >= 4 is 24.7 Å². The molecule has 0 aromatic heterocycles. The van der Waals surface area contributed by atoms with Gasteiger partial charge in [-0.2, -0.15) is 0 Å². The van der Waals surface area contributed by atoms with Gasteiger partial charge in [-0.05, 0) is 5.19 Å². The van der Waals surface area contributed by atoms with Gasteiger partial charge in [0.2, 0.25) is 9.04 Å². The molecule has 2 nitrogen and oxygen atoms in total. The maximum absolute atomic E-state index is 5.57. The van der Waals surface area contributed by atoms with E-state index in [0.717, 1.165) is 10.5 Å². The van der Waals surface area contributed by atoms with Crippen molar-refractivity contribution in [1.82, 2.24) is 0 Å². The van der Waals surface area contributed by atoms with Crippen LogP contribution < -0.4 is 10.9 Å². The Morgan fingerprint density at radius 3 is 2.45 bits per heavy atom. The SMILES string of the molecule is NC[SiH](O[SiH3])c1ccccc1. The highest BCUT2D eigenvalue weighted by molar-refractivity contribution is 6.69. The van der Waals surface area contributed by atoms with E-state index >= 15 is 0 Å². The summed E-state index contributed by atoms with van der Waals surface area (Å²) in [4.78, 5) is 0. The Labute approximate surface area is 71.6 Å². The zero-order valence-corrected chi connectivity index (χ0v) is 9.81. The summed E-state index contributed by atoms with van der Waals surface area (Å²) in [6.45, 7) is 0. The molecule has 60 valence electrons. The van der Waals surface area contributed by atoms with Crippen LogP contribution in [0.3, 0.4) is 0 Å². The molecule has 0 saturated carbocycles. The molecule has 0 saturated heterocycles. The summed E-state index contributed by atoms with van der Waals surface area (Å²) in [5, 5.41) is 1.31. The average Bonchev–Trinajstić information content (AvgIpc) is 2.09. The lowest BCUT2D eigenvalue weighted by atomic mass is 10.4. The van der Waals surface area contributed by atoms with Crippen LogP contribution in [0.4, 0.5) is 0 Å². The van der Waals surface area contributed by atoms with Gasteiger partial charge in [0, 0.05) is 6.17 Å². The first-order chi connectivity index (χ1) is 5.38. The van der Waals surface area contributed by atoms with E-state index in [4.69, 9.17) is 9.85 Å². The molecule has 0 fully saturated rings. The quantitative estimate of drug-likeness (QED) is 0.574. The fourth-order valence-corrected chi connectivity index (χ4v) is 3.82. The molecule has 0 aliphatic heterocycles. The maximum atomic E-state index is 5.57. The molecule has 1 aromatic rings. The standard InChI is InChI=1S/C7H13NOSi2/c8-6-11(9-10)7-4-2-1-3-5-7/h1-5,11H,6,8H2,10H3. The van der Waals surface area contributed by atoms with Crippen molar-refractivity contribution in [3.05, 3.63) is 30.3 Å². The van der Waals surface area contributed by atoms with Crippen LogP contribution >= 0.6 is 0 Å². The molecule has 0 aliphatic rings. The predicted molar refractivity (Wildman–Crippen MR) is 53.3 cm³/mol. The molecule has 0 bridgehead atoms. The highest BCUT2D eigenvalue weighted by Gasteiger charge is 2.08. The summed E-state index contributed by atoms with van der Waals surface area (Å²) in [5.41, 5.74) is 5.57. The van der Waals surface area contributed by atoms with E-state index in [-0.39, 0.29) is 0 Å². The zero-order valence-electron chi connectivity index (χ0n) is 6.66. The minimum Gasteiger partial charge on any atom is -0.462 e. The van der Waals surface area contributed by atoms with Crippen LogP contribution in [-0.4, -0.2) is 25.7 Å². The number of rotatable bonds is 3. The predicted octanol–water partition coefficient (Wildman–Crippen LogP) is -1.59. The van der Waals surface area contributed by atoms with Crippen molar-refractivity contribution in [2.75, 3.05) is 6.17 Å². The van der Waals surface area contributed by atoms with E-state index in [2.05, 4.69) is 12.1 Å². The van der Waals surface area contributed by atoms with E-state index < -0.39 is 9.04 Å². The van der Waals surface area contributed by atoms with Crippen LogP contribution in [0.1, 0.15) is 0 Å². The van der Waals surface area contributed by atoms with Crippen LogP contribution in [0.2, 0.25) is 0 Å². The summed E-state index contributed by atoms with van der Waals surface area (Å²) < 4.78 is 5.44. The molecule has 0 spiro atoms. The first-order valence-corrected chi connectivity index (χ1v) is 6.34. The molecule has 1 unspecified atom stereocenters. The molecule has 1 atom stereocenters. The Morgan fingerprint density at radius 1 is 1.36 bits per heavy atom. The molecular formula is C7H13NOSi2. The molecule has 2 N–H and O–H groups in total. The van der Waals surface area contributed by atoms with Gasteiger partial charge in [-0.25, -0.2) is 0 Å². The van der Waals surface area contributed by atoms with Crippen molar-refractivity contribution in [3.8, 4) is 0 Å². The van der Waals surface area contributed by atoms with Crippen LogP contribution in [0.25, 0.3) is 0 Å². The molecule has 1 rings (SSSR count). The lowest BCUT2D eigenvalue weighted by Gasteiger charge is -2.10. The maximum Gasteiger partial charge on any atom is 0.208 e.